The molecule has 6 nitrogen and oxygen atoms in total. The number of amides is 2. The molecule has 0 bridgehead atoms. The molecular weight excluding hydrogens is 360 g/mol. The van der Waals surface area contributed by atoms with E-state index in [0.717, 1.165) is 21.7 Å². The Morgan fingerprint density at radius 1 is 1.04 bits per heavy atom. The molecule has 2 aromatic carbocycles. The van der Waals surface area contributed by atoms with Crippen LogP contribution < -0.4 is 10.6 Å². The minimum atomic E-state index is -0.684. The second kappa shape index (κ2) is 8.55. The summed E-state index contributed by atoms with van der Waals surface area (Å²) in [5.74, 6) is -0.579. The molecule has 1 heterocycles. The van der Waals surface area contributed by atoms with Crippen molar-refractivity contribution < 1.29 is 9.59 Å². The summed E-state index contributed by atoms with van der Waals surface area (Å²) in [5.41, 5.74) is 3.07. The first-order valence-corrected chi connectivity index (χ1v) is 9.35. The number of nitrogens with zero attached hydrogens (tertiary/aromatic N) is 2. The molecule has 0 aliphatic carbocycles. The third-order valence-corrected chi connectivity index (χ3v) is 4.82. The topological polar surface area (TPSA) is 84.0 Å². The summed E-state index contributed by atoms with van der Waals surface area (Å²) < 4.78 is 0. The molecule has 7 heteroatoms. The average Bonchev–Trinajstić information content (AvgIpc) is 3.10. The van der Waals surface area contributed by atoms with Crippen LogP contribution in [-0.2, 0) is 16.0 Å². The monoisotopic (exact) mass is 380 g/mol. The number of hydrogen-bond acceptors (Lipinski definition) is 5. The van der Waals surface area contributed by atoms with Crippen LogP contribution in [0.5, 0.6) is 0 Å². The van der Waals surface area contributed by atoms with Gasteiger partial charge in [-0.3, -0.25) is 14.9 Å². The molecule has 0 aliphatic rings. The molecule has 0 saturated heterocycles. The number of nitrogens with one attached hydrogen (secondary N) is 2. The highest BCUT2D eigenvalue weighted by Crippen LogP contribution is 2.26. The summed E-state index contributed by atoms with van der Waals surface area (Å²) in [4.78, 5) is 24.2. The number of carbonyl (C=O) groups is 2. The quantitative estimate of drug-likeness (QED) is 0.688. The Kier molecular flexibility index (Phi) is 5.93. The molecule has 2 amide bonds. The molecule has 0 fully saturated rings. The molecule has 3 rings (SSSR count). The van der Waals surface area contributed by atoms with Crippen molar-refractivity contribution in [2.45, 2.75) is 26.3 Å². The van der Waals surface area contributed by atoms with E-state index in [9.17, 15) is 9.59 Å². The van der Waals surface area contributed by atoms with Gasteiger partial charge in [0.05, 0.1) is 0 Å². The smallest absolute Gasteiger partial charge is 0.249 e. The van der Waals surface area contributed by atoms with Crippen molar-refractivity contribution in [3.05, 3.63) is 65.7 Å². The molecule has 1 atom stereocenters. The van der Waals surface area contributed by atoms with E-state index in [4.69, 9.17) is 0 Å². The maximum Gasteiger partial charge on any atom is 0.249 e. The summed E-state index contributed by atoms with van der Waals surface area (Å²) in [6.45, 7) is 3.41. The lowest BCUT2D eigenvalue weighted by atomic mass is 10.1. The third-order valence-electron chi connectivity index (χ3n) is 3.93. The predicted octanol–water partition coefficient (Wildman–Crippen LogP) is 3.20. The molecule has 0 aliphatic heterocycles. The van der Waals surface area contributed by atoms with Crippen molar-refractivity contribution in [3.63, 3.8) is 0 Å². The van der Waals surface area contributed by atoms with Crippen LogP contribution in [-0.4, -0.2) is 28.1 Å². The Hall–Kier alpha value is -3.06. The maximum absolute atomic E-state index is 12.7. The average molecular weight is 380 g/mol. The van der Waals surface area contributed by atoms with E-state index >= 15 is 0 Å². The highest BCUT2D eigenvalue weighted by molar-refractivity contribution is 7.18. The number of anilines is 1. The lowest BCUT2D eigenvalue weighted by Crippen LogP contribution is -2.44. The summed E-state index contributed by atoms with van der Waals surface area (Å²) in [6, 6.07) is 16.8. The number of aromatic nitrogens is 2. The van der Waals surface area contributed by atoms with E-state index in [2.05, 4.69) is 20.8 Å². The van der Waals surface area contributed by atoms with Gasteiger partial charge < -0.3 is 5.32 Å². The van der Waals surface area contributed by atoms with E-state index in [1.807, 2.05) is 61.5 Å². The number of hydrogen-bond donors (Lipinski definition) is 2. The molecular formula is C20H20N4O2S. The Labute approximate surface area is 161 Å². The van der Waals surface area contributed by atoms with Crippen molar-refractivity contribution >= 4 is 28.3 Å². The Morgan fingerprint density at radius 3 is 2.41 bits per heavy atom. The zero-order valence-corrected chi connectivity index (χ0v) is 15.9. The van der Waals surface area contributed by atoms with Gasteiger partial charge in [0.1, 0.15) is 11.0 Å². The number of rotatable bonds is 6. The van der Waals surface area contributed by atoms with Crippen LogP contribution in [0.1, 0.15) is 18.1 Å². The van der Waals surface area contributed by atoms with Gasteiger partial charge in [0.2, 0.25) is 16.9 Å². The van der Waals surface area contributed by atoms with Gasteiger partial charge in [-0.1, -0.05) is 71.5 Å². The van der Waals surface area contributed by atoms with Crippen LogP contribution in [0.15, 0.2) is 54.6 Å². The van der Waals surface area contributed by atoms with Crippen molar-refractivity contribution in [1.82, 2.24) is 15.5 Å². The Balaban J connectivity index is 1.71. The van der Waals surface area contributed by atoms with Gasteiger partial charge in [-0.05, 0) is 12.5 Å². The zero-order valence-electron chi connectivity index (χ0n) is 15.1. The number of benzene rings is 2. The highest BCUT2D eigenvalue weighted by Gasteiger charge is 2.21. The molecule has 3 aromatic rings. The fourth-order valence-corrected chi connectivity index (χ4v) is 3.34. The van der Waals surface area contributed by atoms with E-state index < -0.39 is 6.04 Å². The summed E-state index contributed by atoms with van der Waals surface area (Å²) in [5, 5.41) is 14.8. The fourth-order valence-electron chi connectivity index (χ4n) is 2.58. The van der Waals surface area contributed by atoms with Gasteiger partial charge in [0.15, 0.2) is 0 Å². The molecule has 0 saturated carbocycles. The van der Waals surface area contributed by atoms with E-state index in [1.54, 1.807) is 0 Å². The molecule has 27 heavy (non-hydrogen) atoms. The Bertz CT molecular complexity index is 923. The number of aryl methyl sites for hydroxylation is 1. The summed E-state index contributed by atoms with van der Waals surface area (Å²) >= 11 is 1.30. The van der Waals surface area contributed by atoms with Gasteiger partial charge in [-0.2, -0.15) is 0 Å². The molecule has 0 spiro atoms. The molecule has 138 valence electrons. The van der Waals surface area contributed by atoms with Crippen molar-refractivity contribution in [3.8, 4) is 10.6 Å². The van der Waals surface area contributed by atoms with Crippen molar-refractivity contribution in [1.29, 1.82) is 0 Å². The lowest BCUT2D eigenvalue weighted by Gasteiger charge is -2.16. The summed E-state index contributed by atoms with van der Waals surface area (Å²) in [7, 11) is 0. The molecule has 2 N–H and O–H groups in total. The van der Waals surface area contributed by atoms with Crippen LogP contribution in [0.2, 0.25) is 0 Å². The maximum atomic E-state index is 12.7. The minimum absolute atomic E-state index is 0.260. The van der Waals surface area contributed by atoms with Gasteiger partial charge in [0.25, 0.3) is 0 Å². The molecule has 1 aromatic heterocycles. The SMILES string of the molecule is CC(=O)NC(Cc1ccccc1)C(=O)Nc1nnc(-c2ccc(C)cc2)s1. The van der Waals surface area contributed by atoms with Gasteiger partial charge >= 0.3 is 0 Å². The standard InChI is InChI=1S/C20H20N4O2S/c1-13-8-10-16(11-9-13)19-23-24-20(27-19)22-18(26)17(21-14(2)25)12-15-6-4-3-5-7-15/h3-11,17H,12H2,1-2H3,(H,21,25)(H,22,24,26). The van der Waals surface area contributed by atoms with Crippen LogP contribution in [0.25, 0.3) is 10.6 Å². The van der Waals surface area contributed by atoms with Gasteiger partial charge in [-0.25, -0.2) is 0 Å². The van der Waals surface area contributed by atoms with E-state index in [1.165, 1.54) is 18.3 Å². The largest absolute Gasteiger partial charge is 0.344 e. The Morgan fingerprint density at radius 2 is 1.74 bits per heavy atom. The molecule has 1 unspecified atom stereocenters. The van der Waals surface area contributed by atoms with Crippen LogP contribution in [0.4, 0.5) is 5.13 Å². The normalized spacial score (nSPS) is 11.6. The molecule has 0 radical (unpaired) electrons. The summed E-state index contributed by atoms with van der Waals surface area (Å²) in [6.07, 6.45) is 0.399. The van der Waals surface area contributed by atoms with Crippen LogP contribution in [0.3, 0.4) is 0 Å². The second-order valence-electron chi connectivity index (χ2n) is 6.21. The zero-order chi connectivity index (χ0) is 19.2. The predicted molar refractivity (Wildman–Crippen MR) is 106 cm³/mol. The van der Waals surface area contributed by atoms with E-state index in [0.29, 0.717) is 11.6 Å². The third kappa shape index (κ3) is 5.21. The van der Waals surface area contributed by atoms with Gasteiger partial charge in [0, 0.05) is 18.9 Å². The first-order valence-electron chi connectivity index (χ1n) is 8.53. The lowest BCUT2D eigenvalue weighted by molar-refractivity contribution is -0.125. The van der Waals surface area contributed by atoms with Crippen LogP contribution >= 0.6 is 11.3 Å². The minimum Gasteiger partial charge on any atom is -0.344 e. The first kappa shape index (κ1) is 18.7. The van der Waals surface area contributed by atoms with Crippen molar-refractivity contribution in [2.75, 3.05) is 5.32 Å². The number of carbonyl (C=O) groups excluding carboxylic acids is 2. The second-order valence-corrected chi connectivity index (χ2v) is 7.19. The first-order chi connectivity index (χ1) is 13.0. The van der Waals surface area contributed by atoms with Gasteiger partial charge in [-0.15, -0.1) is 10.2 Å². The highest BCUT2D eigenvalue weighted by atomic mass is 32.1. The van der Waals surface area contributed by atoms with Crippen LogP contribution in [0, 0.1) is 6.92 Å². The fraction of sp³-hybridized carbons (Fsp3) is 0.200. The van der Waals surface area contributed by atoms with E-state index in [-0.39, 0.29) is 11.8 Å². The van der Waals surface area contributed by atoms with Crippen molar-refractivity contribution in [2.24, 2.45) is 0 Å².